The number of aliphatic imine (C=N–C) groups is 1. The number of hydrogen-bond acceptors (Lipinski definition) is 5. The van der Waals surface area contributed by atoms with Crippen LogP contribution in [0.1, 0.15) is 18.6 Å². The highest BCUT2D eigenvalue weighted by molar-refractivity contribution is 5.98. The summed E-state index contributed by atoms with van der Waals surface area (Å²) in [7, 11) is 0. The molecule has 6 nitrogen and oxygen atoms in total. The van der Waals surface area contributed by atoms with Gasteiger partial charge in [-0.1, -0.05) is 6.07 Å². The Morgan fingerprint density at radius 3 is 2.94 bits per heavy atom. The van der Waals surface area contributed by atoms with E-state index in [1.54, 1.807) is 13.0 Å². The summed E-state index contributed by atoms with van der Waals surface area (Å²) < 4.78 is 10.3. The van der Waals surface area contributed by atoms with E-state index in [9.17, 15) is 9.90 Å². The fourth-order valence-corrected chi connectivity index (χ4v) is 1.54. The molecule has 1 atom stereocenters. The van der Waals surface area contributed by atoms with Crippen LogP contribution in [-0.4, -0.2) is 23.6 Å². The van der Waals surface area contributed by atoms with Crippen molar-refractivity contribution in [1.29, 1.82) is 0 Å². The molecule has 90 valence electrons. The minimum atomic E-state index is -0.852. The number of benzene rings is 1. The van der Waals surface area contributed by atoms with Crippen LogP contribution in [-0.2, 0) is 9.53 Å². The number of phenolic OH excluding ortho intramolecular Hbond substituents is 1. The third-order valence-electron chi connectivity index (χ3n) is 2.27. The van der Waals surface area contributed by atoms with Crippen molar-refractivity contribution in [2.24, 2.45) is 10.7 Å². The molecule has 6 heteroatoms. The maximum absolute atomic E-state index is 11.4. The molecule has 17 heavy (non-hydrogen) atoms. The molecular weight excluding hydrogens is 224 g/mol. The van der Waals surface area contributed by atoms with E-state index in [1.807, 2.05) is 0 Å². The standard InChI is InChI=1S/C11H12N2O4/c1-2-16-8-5-6(3-4-7(8)14)9-10(15)13-11(12)17-9/h3-5,9,14H,2H2,1H3,(H2,12,13,15). The lowest BCUT2D eigenvalue weighted by atomic mass is 10.1. The third-order valence-corrected chi connectivity index (χ3v) is 2.27. The molecule has 1 unspecified atom stereocenters. The van der Waals surface area contributed by atoms with E-state index < -0.39 is 12.0 Å². The Morgan fingerprint density at radius 2 is 2.35 bits per heavy atom. The topological polar surface area (TPSA) is 94.1 Å². The molecule has 0 spiro atoms. The van der Waals surface area contributed by atoms with Crippen LogP contribution < -0.4 is 10.5 Å². The van der Waals surface area contributed by atoms with E-state index in [2.05, 4.69) is 4.99 Å². The first-order valence-electron chi connectivity index (χ1n) is 5.12. The van der Waals surface area contributed by atoms with Crippen molar-refractivity contribution in [2.75, 3.05) is 6.61 Å². The highest BCUT2D eigenvalue weighted by Gasteiger charge is 2.29. The Hall–Kier alpha value is -2.24. The van der Waals surface area contributed by atoms with Crippen LogP contribution in [0.15, 0.2) is 23.2 Å². The van der Waals surface area contributed by atoms with E-state index in [0.717, 1.165) is 0 Å². The molecule has 1 heterocycles. The van der Waals surface area contributed by atoms with Crippen LogP contribution in [0.5, 0.6) is 11.5 Å². The molecule has 3 N–H and O–H groups in total. The molecule has 1 aromatic carbocycles. The van der Waals surface area contributed by atoms with Crippen molar-refractivity contribution in [1.82, 2.24) is 0 Å². The van der Waals surface area contributed by atoms with Gasteiger partial charge in [0, 0.05) is 5.56 Å². The first-order valence-corrected chi connectivity index (χ1v) is 5.12. The van der Waals surface area contributed by atoms with Crippen LogP contribution in [0, 0.1) is 0 Å². The van der Waals surface area contributed by atoms with E-state index in [0.29, 0.717) is 17.9 Å². The van der Waals surface area contributed by atoms with Crippen LogP contribution >= 0.6 is 0 Å². The number of nitrogens with two attached hydrogens (primary N) is 1. The number of aromatic hydroxyl groups is 1. The molecule has 1 aliphatic rings. The van der Waals surface area contributed by atoms with Gasteiger partial charge in [-0.3, -0.25) is 4.79 Å². The van der Waals surface area contributed by atoms with Crippen LogP contribution in [0.3, 0.4) is 0 Å². The highest BCUT2D eigenvalue weighted by Crippen LogP contribution is 2.32. The second-order valence-corrected chi connectivity index (χ2v) is 3.45. The van der Waals surface area contributed by atoms with Crippen LogP contribution in [0.25, 0.3) is 0 Å². The Balaban J connectivity index is 2.28. The zero-order chi connectivity index (χ0) is 12.4. The zero-order valence-corrected chi connectivity index (χ0v) is 9.21. The number of carbonyl (C=O) groups excluding carboxylic acids is 1. The van der Waals surface area contributed by atoms with Gasteiger partial charge in [-0.15, -0.1) is 0 Å². The number of amides is 1. The molecule has 0 saturated heterocycles. The number of phenols is 1. The monoisotopic (exact) mass is 236 g/mol. The van der Waals surface area contributed by atoms with E-state index >= 15 is 0 Å². The normalized spacial score (nSPS) is 18.8. The Bertz CT molecular complexity index is 484. The summed E-state index contributed by atoms with van der Waals surface area (Å²) in [5.74, 6) is -0.155. The lowest BCUT2D eigenvalue weighted by molar-refractivity contribution is -0.122. The predicted molar refractivity (Wildman–Crippen MR) is 59.7 cm³/mol. The quantitative estimate of drug-likeness (QED) is 0.805. The van der Waals surface area contributed by atoms with Crippen LogP contribution in [0.2, 0.25) is 0 Å². The summed E-state index contributed by atoms with van der Waals surface area (Å²) in [6, 6.07) is 4.39. The molecule has 2 rings (SSSR count). The van der Waals surface area contributed by atoms with Gasteiger partial charge in [0.15, 0.2) is 11.5 Å². The van der Waals surface area contributed by atoms with E-state index in [1.165, 1.54) is 12.1 Å². The third kappa shape index (κ3) is 2.15. The maximum atomic E-state index is 11.4. The molecule has 0 bridgehead atoms. The summed E-state index contributed by atoms with van der Waals surface area (Å²) in [6.45, 7) is 2.21. The number of carbonyl (C=O) groups is 1. The highest BCUT2D eigenvalue weighted by atomic mass is 16.5. The zero-order valence-electron chi connectivity index (χ0n) is 9.21. The summed E-state index contributed by atoms with van der Waals surface area (Å²) in [5, 5.41) is 9.52. The number of amidine groups is 1. The van der Waals surface area contributed by atoms with Crippen molar-refractivity contribution >= 4 is 11.9 Å². The average Bonchev–Trinajstić information content (AvgIpc) is 2.61. The van der Waals surface area contributed by atoms with Crippen molar-refractivity contribution < 1.29 is 19.4 Å². The van der Waals surface area contributed by atoms with Gasteiger partial charge >= 0.3 is 0 Å². The van der Waals surface area contributed by atoms with Gasteiger partial charge in [0.1, 0.15) is 0 Å². The minimum absolute atomic E-state index is 0.00920. The minimum Gasteiger partial charge on any atom is -0.504 e. The summed E-state index contributed by atoms with van der Waals surface area (Å²) in [4.78, 5) is 14.9. The van der Waals surface area contributed by atoms with Gasteiger partial charge in [-0.25, -0.2) is 0 Å². The second kappa shape index (κ2) is 4.32. The smallest absolute Gasteiger partial charge is 0.296 e. The molecule has 0 saturated carbocycles. The first-order chi connectivity index (χ1) is 8.11. The predicted octanol–water partition coefficient (Wildman–Crippen LogP) is 0.703. The van der Waals surface area contributed by atoms with Gasteiger partial charge in [0.05, 0.1) is 6.61 Å². The molecule has 0 aliphatic carbocycles. The molecule has 1 aliphatic heterocycles. The van der Waals surface area contributed by atoms with Gasteiger partial charge in [0.25, 0.3) is 11.9 Å². The second-order valence-electron chi connectivity index (χ2n) is 3.45. The number of nitrogens with zero attached hydrogens (tertiary/aromatic N) is 1. The lowest BCUT2D eigenvalue weighted by Gasteiger charge is -2.11. The van der Waals surface area contributed by atoms with Crippen LogP contribution in [0.4, 0.5) is 0 Å². The summed E-state index contributed by atoms with van der Waals surface area (Å²) in [5.41, 5.74) is 5.85. The van der Waals surface area contributed by atoms with Gasteiger partial charge in [-0.2, -0.15) is 4.99 Å². The molecular formula is C11H12N2O4. The van der Waals surface area contributed by atoms with Crippen molar-refractivity contribution in [3.05, 3.63) is 23.8 Å². The number of rotatable bonds is 3. The average molecular weight is 236 g/mol. The molecule has 1 amide bonds. The number of ether oxygens (including phenoxy) is 2. The van der Waals surface area contributed by atoms with Gasteiger partial charge in [0.2, 0.25) is 6.10 Å². The summed E-state index contributed by atoms with van der Waals surface area (Å²) >= 11 is 0. The first kappa shape index (κ1) is 11.3. The Morgan fingerprint density at radius 1 is 1.59 bits per heavy atom. The lowest BCUT2D eigenvalue weighted by Crippen LogP contribution is -2.14. The maximum Gasteiger partial charge on any atom is 0.296 e. The SMILES string of the molecule is CCOc1cc(C2OC(N)=NC2=O)ccc1O. The molecule has 1 aromatic rings. The number of hydrogen-bond donors (Lipinski definition) is 2. The van der Waals surface area contributed by atoms with Crippen molar-refractivity contribution in [3.8, 4) is 11.5 Å². The van der Waals surface area contributed by atoms with Gasteiger partial charge < -0.3 is 20.3 Å². The molecule has 0 fully saturated rings. The summed E-state index contributed by atoms with van der Waals surface area (Å²) in [6.07, 6.45) is -0.852. The van der Waals surface area contributed by atoms with E-state index in [4.69, 9.17) is 15.2 Å². The fraction of sp³-hybridized carbons (Fsp3) is 0.273. The van der Waals surface area contributed by atoms with Gasteiger partial charge in [-0.05, 0) is 19.1 Å². The van der Waals surface area contributed by atoms with Crippen molar-refractivity contribution in [2.45, 2.75) is 13.0 Å². The molecule has 0 aromatic heterocycles. The largest absolute Gasteiger partial charge is 0.504 e. The van der Waals surface area contributed by atoms with Crippen molar-refractivity contribution in [3.63, 3.8) is 0 Å². The van der Waals surface area contributed by atoms with E-state index in [-0.39, 0.29) is 11.8 Å². The molecule has 0 radical (unpaired) electrons. The Labute approximate surface area is 97.7 Å². The Kier molecular flexibility index (Phi) is 2.86. The fourth-order valence-electron chi connectivity index (χ4n) is 1.54.